The van der Waals surface area contributed by atoms with Gasteiger partial charge in [0.2, 0.25) is 5.89 Å². The molecule has 0 saturated carbocycles. The summed E-state index contributed by atoms with van der Waals surface area (Å²) in [4.78, 5) is 8.58. The molecule has 0 saturated heterocycles. The Morgan fingerprint density at radius 2 is 2.00 bits per heavy atom. The fourth-order valence-electron chi connectivity index (χ4n) is 1.67. The first-order valence-corrected chi connectivity index (χ1v) is 5.11. The van der Waals surface area contributed by atoms with Gasteiger partial charge in [-0.25, -0.2) is 4.98 Å². The minimum absolute atomic E-state index is 0.645. The lowest BCUT2D eigenvalue weighted by Gasteiger charge is -1.95. The van der Waals surface area contributed by atoms with E-state index in [1.165, 1.54) is 0 Å². The van der Waals surface area contributed by atoms with E-state index >= 15 is 0 Å². The SMILES string of the molecule is Cc1cc(-c2nc3ccccc3o2)ccn1. The molecule has 3 rings (SSSR count). The van der Waals surface area contributed by atoms with Crippen LogP contribution >= 0.6 is 0 Å². The van der Waals surface area contributed by atoms with Gasteiger partial charge in [0.25, 0.3) is 0 Å². The number of pyridine rings is 1. The Bertz CT molecular complexity index is 610. The smallest absolute Gasteiger partial charge is 0.227 e. The van der Waals surface area contributed by atoms with Crippen molar-refractivity contribution in [3.8, 4) is 11.5 Å². The number of oxazole rings is 1. The molecule has 3 heteroatoms. The first kappa shape index (κ1) is 9.09. The van der Waals surface area contributed by atoms with Crippen molar-refractivity contribution in [2.45, 2.75) is 6.92 Å². The highest BCUT2D eigenvalue weighted by molar-refractivity contribution is 5.75. The van der Waals surface area contributed by atoms with Gasteiger partial charge in [-0.2, -0.15) is 0 Å². The van der Waals surface area contributed by atoms with Crippen LogP contribution in [0.1, 0.15) is 5.69 Å². The zero-order valence-electron chi connectivity index (χ0n) is 8.84. The molecule has 0 spiro atoms. The number of hydrogen-bond acceptors (Lipinski definition) is 3. The van der Waals surface area contributed by atoms with Crippen molar-refractivity contribution in [2.24, 2.45) is 0 Å². The van der Waals surface area contributed by atoms with Gasteiger partial charge in [0, 0.05) is 17.5 Å². The molecule has 0 amide bonds. The molecule has 2 heterocycles. The van der Waals surface area contributed by atoms with E-state index in [4.69, 9.17) is 4.42 Å². The second-order valence-corrected chi connectivity index (χ2v) is 3.67. The lowest BCUT2D eigenvalue weighted by Crippen LogP contribution is -1.82. The molecule has 3 aromatic rings. The first-order valence-electron chi connectivity index (χ1n) is 5.11. The second-order valence-electron chi connectivity index (χ2n) is 3.67. The summed E-state index contributed by atoms with van der Waals surface area (Å²) in [5, 5.41) is 0. The van der Waals surface area contributed by atoms with Crippen LogP contribution in [0.3, 0.4) is 0 Å². The van der Waals surface area contributed by atoms with Crippen molar-refractivity contribution in [3.63, 3.8) is 0 Å². The highest BCUT2D eigenvalue weighted by Crippen LogP contribution is 2.23. The predicted octanol–water partition coefficient (Wildman–Crippen LogP) is 3.20. The Morgan fingerprint density at radius 3 is 2.81 bits per heavy atom. The lowest BCUT2D eigenvalue weighted by molar-refractivity contribution is 0.619. The van der Waals surface area contributed by atoms with Crippen LogP contribution in [0, 0.1) is 6.92 Å². The Hall–Kier alpha value is -2.16. The van der Waals surface area contributed by atoms with Crippen LogP contribution in [0.4, 0.5) is 0 Å². The Morgan fingerprint density at radius 1 is 1.12 bits per heavy atom. The topological polar surface area (TPSA) is 38.9 Å². The second kappa shape index (κ2) is 3.45. The van der Waals surface area contributed by atoms with E-state index < -0.39 is 0 Å². The van der Waals surface area contributed by atoms with E-state index in [0.717, 1.165) is 22.4 Å². The summed E-state index contributed by atoms with van der Waals surface area (Å²) in [5.41, 5.74) is 3.61. The number of fused-ring (bicyclic) bond motifs is 1. The van der Waals surface area contributed by atoms with Gasteiger partial charge in [-0.3, -0.25) is 4.98 Å². The highest BCUT2D eigenvalue weighted by atomic mass is 16.3. The number of para-hydroxylation sites is 2. The summed E-state index contributed by atoms with van der Waals surface area (Å²) in [6.45, 7) is 1.95. The van der Waals surface area contributed by atoms with Crippen LogP contribution in [0.25, 0.3) is 22.6 Å². The van der Waals surface area contributed by atoms with Crippen LogP contribution in [0.2, 0.25) is 0 Å². The van der Waals surface area contributed by atoms with E-state index in [-0.39, 0.29) is 0 Å². The number of aryl methyl sites for hydroxylation is 1. The third-order valence-electron chi connectivity index (χ3n) is 2.44. The summed E-state index contributed by atoms with van der Waals surface area (Å²) in [7, 11) is 0. The molecule has 1 aromatic carbocycles. The van der Waals surface area contributed by atoms with Crippen molar-refractivity contribution in [3.05, 3.63) is 48.3 Å². The maximum absolute atomic E-state index is 5.67. The van der Waals surface area contributed by atoms with E-state index in [9.17, 15) is 0 Å². The molecular weight excluding hydrogens is 200 g/mol. The summed E-state index contributed by atoms with van der Waals surface area (Å²) >= 11 is 0. The molecule has 3 nitrogen and oxygen atoms in total. The quantitative estimate of drug-likeness (QED) is 0.619. The van der Waals surface area contributed by atoms with Gasteiger partial charge in [0.1, 0.15) is 5.52 Å². The molecule has 16 heavy (non-hydrogen) atoms. The molecule has 0 aliphatic heterocycles. The fourth-order valence-corrected chi connectivity index (χ4v) is 1.67. The van der Waals surface area contributed by atoms with Gasteiger partial charge < -0.3 is 4.42 Å². The Labute approximate surface area is 92.8 Å². The molecule has 2 aromatic heterocycles. The summed E-state index contributed by atoms with van der Waals surface area (Å²) in [6.07, 6.45) is 1.76. The van der Waals surface area contributed by atoms with Crippen LogP contribution < -0.4 is 0 Å². The lowest BCUT2D eigenvalue weighted by atomic mass is 10.2. The van der Waals surface area contributed by atoms with Crippen LogP contribution in [0.15, 0.2) is 47.0 Å². The molecule has 0 aliphatic rings. The van der Waals surface area contributed by atoms with Gasteiger partial charge in [0.15, 0.2) is 5.58 Å². The molecule has 78 valence electrons. The van der Waals surface area contributed by atoms with Crippen molar-refractivity contribution >= 4 is 11.1 Å². The monoisotopic (exact) mass is 210 g/mol. The fraction of sp³-hybridized carbons (Fsp3) is 0.0769. The van der Waals surface area contributed by atoms with E-state index in [0.29, 0.717) is 5.89 Å². The van der Waals surface area contributed by atoms with Crippen LogP contribution in [-0.2, 0) is 0 Å². The third-order valence-corrected chi connectivity index (χ3v) is 2.44. The minimum Gasteiger partial charge on any atom is -0.436 e. The first-order chi connectivity index (χ1) is 7.83. The zero-order chi connectivity index (χ0) is 11.0. The number of aromatic nitrogens is 2. The highest BCUT2D eigenvalue weighted by Gasteiger charge is 2.07. The van der Waals surface area contributed by atoms with Gasteiger partial charge >= 0.3 is 0 Å². The summed E-state index contributed by atoms with van der Waals surface area (Å²) in [6, 6.07) is 11.6. The van der Waals surface area contributed by atoms with Crippen LogP contribution in [0.5, 0.6) is 0 Å². The number of nitrogens with zero attached hydrogens (tertiary/aromatic N) is 2. The van der Waals surface area contributed by atoms with E-state index in [1.54, 1.807) is 6.20 Å². The van der Waals surface area contributed by atoms with Crippen molar-refractivity contribution in [2.75, 3.05) is 0 Å². The molecule has 0 unspecified atom stereocenters. The van der Waals surface area contributed by atoms with E-state index in [2.05, 4.69) is 9.97 Å². The average molecular weight is 210 g/mol. The molecule has 0 radical (unpaired) electrons. The maximum Gasteiger partial charge on any atom is 0.227 e. The molecular formula is C13H10N2O. The summed E-state index contributed by atoms with van der Waals surface area (Å²) < 4.78 is 5.67. The largest absolute Gasteiger partial charge is 0.436 e. The van der Waals surface area contributed by atoms with Crippen molar-refractivity contribution in [1.29, 1.82) is 0 Å². The average Bonchev–Trinajstić information content (AvgIpc) is 2.72. The van der Waals surface area contributed by atoms with Crippen LogP contribution in [-0.4, -0.2) is 9.97 Å². The Balaban J connectivity index is 2.19. The minimum atomic E-state index is 0.645. The number of hydrogen-bond donors (Lipinski definition) is 0. The van der Waals surface area contributed by atoms with Crippen molar-refractivity contribution < 1.29 is 4.42 Å². The van der Waals surface area contributed by atoms with Gasteiger partial charge in [0.05, 0.1) is 0 Å². The predicted molar refractivity (Wildman–Crippen MR) is 62.0 cm³/mol. The maximum atomic E-state index is 5.67. The molecule has 0 bridgehead atoms. The third kappa shape index (κ3) is 1.46. The standard InChI is InChI=1S/C13H10N2O/c1-9-8-10(6-7-14-9)13-15-11-4-2-3-5-12(11)16-13/h2-8H,1H3. The van der Waals surface area contributed by atoms with Gasteiger partial charge in [-0.05, 0) is 31.2 Å². The molecule has 0 fully saturated rings. The zero-order valence-corrected chi connectivity index (χ0v) is 8.84. The normalized spacial score (nSPS) is 10.8. The molecule has 0 atom stereocenters. The van der Waals surface area contributed by atoms with Gasteiger partial charge in [-0.15, -0.1) is 0 Å². The number of benzene rings is 1. The summed E-state index contributed by atoms with van der Waals surface area (Å²) in [5.74, 6) is 0.645. The molecule has 0 aliphatic carbocycles. The molecule has 0 N–H and O–H groups in total. The van der Waals surface area contributed by atoms with Gasteiger partial charge in [-0.1, -0.05) is 12.1 Å². The number of rotatable bonds is 1. The van der Waals surface area contributed by atoms with Crippen molar-refractivity contribution in [1.82, 2.24) is 9.97 Å². The van der Waals surface area contributed by atoms with E-state index in [1.807, 2.05) is 43.3 Å². The Kier molecular flexibility index (Phi) is 1.96.